The minimum atomic E-state index is -0.392. The zero-order valence-corrected chi connectivity index (χ0v) is 34.0. The summed E-state index contributed by atoms with van der Waals surface area (Å²) in [5, 5.41) is 0. The second kappa shape index (κ2) is 13.8. The zero-order chi connectivity index (χ0) is 39.6. The maximum Gasteiger partial charge on any atom is 0.343 e. The van der Waals surface area contributed by atoms with Crippen molar-refractivity contribution in [2.75, 3.05) is 4.90 Å². The molecule has 0 atom stereocenters. The lowest BCUT2D eigenvalue weighted by Crippen LogP contribution is -2.18. The predicted molar refractivity (Wildman–Crippen MR) is 237 cm³/mol. The normalized spacial score (nSPS) is 14.1. The van der Waals surface area contributed by atoms with Gasteiger partial charge in [-0.1, -0.05) is 146 Å². The van der Waals surface area contributed by atoms with Crippen LogP contribution in [0.3, 0.4) is 0 Å². The fourth-order valence-electron chi connectivity index (χ4n) is 9.28. The molecule has 57 heavy (non-hydrogen) atoms. The first kappa shape index (κ1) is 36.4. The zero-order valence-electron chi connectivity index (χ0n) is 34.0. The number of aryl methyl sites for hydroxylation is 1. The van der Waals surface area contributed by atoms with Crippen LogP contribution in [0.1, 0.15) is 98.1 Å². The number of fused-ring (bicyclic) bond motifs is 6. The Bertz CT molecular complexity index is 2590. The van der Waals surface area contributed by atoms with Gasteiger partial charge in [0, 0.05) is 27.9 Å². The largest absolute Gasteiger partial charge is 0.423 e. The Labute approximate surface area is 337 Å². The molecule has 0 heterocycles. The van der Waals surface area contributed by atoms with Gasteiger partial charge in [0.15, 0.2) is 0 Å². The lowest BCUT2D eigenvalue weighted by molar-refractivity contribution is 0.0735. The van der Waals surface area contributed by atoms with E-state index in [1.54, 1.807) is 0 Å². The van der Waals surface area contributed by atoms with Crippen LogP contribution in [0.5, 0.6) is 5.75 Å². The number of benzene rings is 7. The van der Waals surface area contributed by atoms with Gasteiger partial charge in [-0.2, -0.15) is 0 Å². The summed E-state index contributed by atoms with van der Waals surface area (Å²) >= 11 is 0. The highest BCUT2D eigenvalue weighted by molar-refractivity contribution is 5.94. The van der Waals surface area contributed by atoms with E-state index in [0.29, 0.717) is 17.2 Å². The molecule has 0 bridgehead atoms. The van der Waals surface area contributed by atoms with E-state index in [9.17, 15) is 4.79 Å². The molecule has 0 aromatic heterocycles. The van der Waals surface area contributed by atoms with Crippen LogP contribution in [-0.4, -0.2) is 5.97 Å². The summed E-state index contributed by atoms with van der Waals surface area (Å²) in [6.07, 6.45) is 0.950. The first-order valence-corrected chi connectivity index (χ1v) is 20.3. The smallest absolute Gasteiger partial charge is 0.343 e. The minimum absolute atomic E-state index is 0.161. The van der Waals surface area contributed by atoms with Gasteiger partial charge in [-0.25, -0.2) is 4.79 Å². The van der Waals surface area contributed by atoms with Gasteiger partial charge < -0.3 is 9.64 Å². The minimum Gasteiger partial charge on any atom is -0.423 e. The molecule has 0 aliphatic heterocycles. The number of hydrogen-bond donors (Lipinski definition) is 0. The highest BCUT2D eigenvalue weighted by Gasteiger charge is 2.37. The Kier molecular flexibility index (Phi) is 8.81. The van der Waals surface area contributed by atoms with E-state index in [4.69, 9.17) is 4.74 Å². The second-order valence-corrected chi connectivity index (χ2v) is 17.0. The molecule has 0 spiro atoms. The van der Waals surface area contributed by atoms with Crippen LogP contribution in [0.4, 0.5) is 17.1 Å². The van der Waals surface area contributed by atoms with Crippen molar-refractivity contribution in [3.8, 4) is 39.1 Å². The van der Waals surface area contributed by atoms with Crippen LogP contribution in [0.25, 0.3) is 33.4 Å². The molecule has 0 radical (unpaired) electrons. The van der Waals surface area contributed by atoms with Gasteiger partial charge in [0.1, 0.15) is 5.75 Å². The van der Waals surface area contributed by atoms with Crippen LogP contribution in [0.15, 0.2) is 152 Å². The fourth-order valence-corrected chi connectivity index (χ4v) is 9.28. The molecule has 2 aliphatic rings. The van der Waals surface area contributed by atoms with E-state index < -0.39 is 5.97 Å². The van der Waals surface area contributed by atoms with Crippen LogP contribution in [0, 0.1) is 0 Å². The lowest BCUT2D eigenvalue weighted by Gasteiger charge is -2.30. The van der Waals surface area contributed by atoms with Gasteiger partial charge in [-0.3, -0.25) is 0 Å². The summed E-state index contributed by atoms with van der Waals surface area (Å²) in [5.41, 5.74) is 18.5. The quantitative estimate of drug-likeness (QED) is 0.115. The molecule has 282 valence electrons. The standard InChI is InChI=1S/C54H49NO2/c1-8-35-20-21-37(34(2)3)31-47(35)36-22-26-42(27-23-36)57-52(56)38-14-13-15-39(30-38)55(40-24-28-45-43-16-9-11-18-48(43)53(4,5)50(45)32-40)41-25-29-46-44-17-10-12-19-49(44)54(6,7)51(46)33-41/h9-34H,8H2,1-7H3. The highest BCUT2D eigenvalue weighted by Crippen LogP contribution is 2.53. The summed E-state index contributed by atoms with van der Waals surface area (Å²) in [5.74, 6) is 0.571. The maximum absolute atomic E-state index is 13.9. The Hall–Kier alpha value is -6.19. The molecule has 0 unspecified atom stereocenters. The fraction of sp³-hybridized carbons (Fsp3) is 0.204. The lowest BCUT2D eigenvalue weighted by atomic mass is 9.82. The third kappa shape index (κ3) is 6.08. The summed E-state index contributed by atoms with van der Waals surface area (Å²) < 4.78 is 6.05. The maximum atomic E-state index is 13.9. The molecule has 3 nitrogen and oxygen atoms in total. The third-order valence-electron chi connectivity index (χ3n) is 12.5. The average Bonchev–Trinajstić information content (AvgIpc) is 3.60. The molecule has 0 fully saturated rings. The monoisotopic (exact) mass is 743 g/mol. The average molecular weight is 744 g/mol. The Balaban J connectivity index is 1.09. The van der Waals surface area contributed by atoms with Crippen molar-refractivity contribution < 1.29 is 9.53 Å². The number of hydrogen-bond acceptors (Lipinski definition) is 3. The Morgan fingerprint density at radius 2 is 1.09 bits per heavy atom. The number of nitrogens with zero attached hydrogens (tertiary/aromatic N) is 1. The molecular weight excluding hydrogens is 695 g/mol. The molecule has 2 aliphatic carbocycles. The first-order valence-electron chi connectivity index (χ1n) is 20.3. The van der Waals surface area contributed by atoms with Gasteiger partial charge in [-0.05, 0) is 134 Å². The predicted octanol–water partition coefficient (Wildman–Crippen LogP) is 14.3. The van der Waals surface area contributed by atoms with Gasteiger partial charge in [0.25, 0.3) is 0 Å². The van der Waals surface area contributed by atoms with Gasteiger partial charge in [0.2, 0.25) is 0 Å². The van der Waals surface area contributed by atoms with Crippen molar-refractivity contribution in [1.29, 1.82) is 0 Å². The van der Waals surface area contributed by atoms with Crippen LogP contribution in [0.2, 0.25) is 0 Å². The second-order valence-electron chi connectivity index (χ2n) is 17.0. The van der Waals surface area contributed by atoms with Crippen molar-refractivity contribution in [1.82, 2.24) is 0 Å². The third-order valence-corrected chi connectivity index (χ3v) is 12.5. The summed E-state index contributed by atoms with van der Waals surface area (Å²) in [6, 6.07) is 53.7. The van der Waals surface area contributed by atoms with E-state index in [2.05, 4.69) is 175 Å². The van der Waals surface area contributed by atoms with Crippen LogP contribution < -0.4 is 9.64 Å². The van der Waals surface area contributed by atoms with Crippen molar-refractivity contribution in [2.24, 2.45) is 0 Å². The van der Waals surface area contributed by atoms with Crippen molar-refractivity contribution in [2.45, 2.75) is 71.6 Å². The van der Waals surface area contributed by atoms with Gasteiger partial charge >= 0.3 is 5.97 Å². The Morgan fingerprint density at radius 1 is 0.544 bits per heavy atom. The molecule has 3 heteroatoms. The van der Waals surface area contributed by atoms with Crippen LogP contribution >= 0.6 is 0 Å². The van der Waals surface area contributed by atoms with E-state index in [1.807, 2.05) is 30.3 Å². The molecule has 0 saturated heterocycles. The summed E-state index contributed by atoms with van der Waals surface area (Å²) in [4.78, 5) is 16.2. The van der Waals surface area contributed by atoms with Gasteiger partial charge in [-0.15, -0.1) is 0 Å². The number of esters is 1. The van der Waals surface area contributed by atoms with Gasteiger partial charge in [0.05, 0.1) is 5.56 Å². The first-order chi connectivity index (χ1) is 27.4. The van der Waals surface area contributed by atoms with E-state index in [0.717, 1.165) is 29.0 Å². The highest BCUT2D eigenvalue weighted by atomic mass is 16.5. The topological polar surface area (TPSA) is 29.5 Å². The SMILES string of the molecule is CCc1ccc(C(C)C)cc1-c1ccc(OC(=O)c2cccc(N(c3ccc4c(c3)C(C)(C)c3ccccc3-4)c3ccc4c(c3)C(C)(C)c3ccccc3-4)c2)cc1. The van der Waals surface area contributed by atoms with Crippen LogP contribution in [-0.2, 0) is 17.3 Å². The van der Waals surface area contributed by atoms with E-state index in [1.165, 1.54) is 61.2 Å². The summed E-state index contributed by atoms with van der Waals surface area (Å²) in [7, 11) is 0. The molecular formula is C54H49NO2. The molecule has 7 aromatic carbocycles. The molecule has 0 N–H and O–H groups in total. The molecule has 9 rings (SSSR count). The van der Waals surface area contributed by atoms with E-state index >= 15 is 0 Å². The van der Waals surface area contributed by atoms with Crippen molar-refractivity contribution in [3.05, 3.63) is 191 Å². The molecule has 0 amide bonds. The Morgan fingerprint density at radius 3 is 1.65 bits per heavy atom. The van der Waals surface area contributed by atoms with Crippen molar-refractivity contribution in [3.63, 3.8) is 0 Å². The number of ether oxygens (including phenoxy) is 1. The number of anilines is 3. The molecule has 0 saturated carbocycles. The van der Waals surface area contributed by atoms with E-state index in [-0.39, 0.29) is 10.8 Å². The van der Waals surface area contributed by atoms with Crippen molar-refractivity contribution >= 4 is 23.0 Å². The number of carbonyl (C=O) groups excluding carboxylic acids is 1. The summed E-state index contributed by atoms with van der Waals surface area (Å²) in [6.45, 7) is 15.9. The molecule has 7 aromatic rings. The number of carbonyl (C=O) groups is 1. The number of rotatable bonds is 8.